The first-order valence-electron chi connectivity index (χ1n) is 8.98. The summed E-state index contributed by atoms with van der Waals surface area (Å²) in [6.07, 6.45) is 6.64. The Morgan fingerprint density at radius 2 is 2.07 bits per heavy atom. The van der Waals surface area contributed by atoms with Crippen LogP contribution in [0.4, 0.5) is 0 Å². The van der Waals surface area contributed by atoms with Crippen LogP contribution < -0.4 is 5.32 Å². The molecular weight excluding hydrogens is 394 g/mol. The number of fused-ring (bicyclic) bond motifs is 2. The second-order valence-electron chi connectivity index (χ2n) is 6.50. The molecule has 28 heavy (non-hydrogen) atoms. The van der Waals surface area contributed by atoms with Crippen LogP contribution in [0, 0.1) is 0 Å². The third kappa shape index (κ3) is 3.72. The van der Waals surface area contributed by atoms with E-state index in [0.717, 1.165) is 34.5 Å². The first-order valence-corrected chi connectivity index (χ1v) is 10.8. The number of thioether (sulfide) groups is 1. The second-order valence-corrected chi connectivity index (χ2v) is 7.90. The van der Waals surface area contributed by atoms with Crippen molar-refractivity contribution in [3.63, 3.8) is 0 Å². The van der Waals surface area contributed by atoms with Gasteiger partial charge in [-0.25, -0.2) is 0 Å². The van der Waals surface area contributed by atoms with E-state index in [9.17, 15) is 4.79 Å². The van der Waals surface area contributed by atoms with Crippen LogP contribution in [-0.2, 0) is 11.3 Å². The molecule has 0 spiro atoms. The summed E-state index contributed by atoms with van der Waals surface area (Å²) in [5.41, 5.74) is 1.71. The van der Waals surface area contributed by atoms with E-state index in [1.807, 2.05) is 63.8 Å². The lowest BCUT2D eigenvalue weighted by molar-refractivity contribution is -0.122. The molecule has 0 aliphatic heterocycles. The fraction of sp³-hybridized carbons (Fsp3) is 0.250. The van der Waals surface area contributed by atoms with Crippen molar-refractivity contribution in [2.75, 3.05) is 12.0 Å². The summed E-state index contributed by atoms with van der Waals surface area (Å²) in [5, 5.41) is 13.3. The highest BCUT2D eigenvalue weighted by Gasteiger charge is 2.20. The van der Waals surface area contributed by atoms with Gasteiger partial charge < -0.3 is 9.88 Å². The Morgan fingerprint density at radius 3 is 2.93 bits per heavy atom. The van der Waals surface area contributed by atoms with Gasteiger partial charge in [-0.15, -0.1) is 10.2 Å². The van der Waals surface area contributed by atoms with Crippen molar-refractivity contribution in [3.05, 3.63) is 65.7 Å². The largest absolute Gasteiger partial charge is 0.344 e. The van der Waals surface area contributed by atoms with Crippen molar-refractivity contribution in [3.8, 4) is 0 Å². The van der Waals surface area contributed by atoms with E-state index in [4.69, 9.17) is 11.6 Å². The summed E-state index contributed by atoms with van der Waals surface area (Å²) in [5.74, 6) is 1.59. The smallest absolute Gasteiger partial charge is 0.240 e. The van der Waals surface area contributed by atoms with Crippen molar-refractivity contribution in [2.24, 2.45) is 0 Å². The molecule has 0 aliphatic carbocycles. The molecule has 3 aromatic heterocycles. The Labute approximate surface area is 171 Å². The Hall–Kier alpha value is -2.51. The van der Waals surface area contributed by atoms with Crippen LogP contribution >= 0.6 is 23.4 Å². The van der Waals surface area contributed by atoms with E-state index in [0.29, 0.717) is 5.02 Å². The topological polar surface area (TPSA) is 64.2 Å². The molecule has 0 fully saturated rings. The van der Waals surface area contributed by atoms with Gasteiger partial charge in [-0.1, -0.05) is 23.7 Å². The van der Waals surface area contributed by atoms with Crippen molar-refractivity contribution >= 4 is 45.8 Å². The lowest BCUT2D eigenvalue weighted by Crippen LogP contribution is -2.33. The molecule has 0 unspecified atom stereocenters. The zero-order chi connectivity index (χ0) is 19.5. The number of hydrogen-bond donors (Lipinski definition) is 1. The maximum Gasteiger partial charge on any atom is 0.240 e. The number of pyridine rings is 1. The molecule has 0 saturated carbocycles. The van der Waals surface area contributed by atoms with E-state index in [2.05, 4.69) is 21.8 Å². The van der Waals surface area contributed by atoms with E-state index >= 15 is 0 Å². The molecule has 0 saturated heterocycles. The van der Waals surface area contributed by atoms with Crippen molar-refractivity contribution in [1.29, 1.82) is 0 Å². The minimum Gasteiger partial charge on any atom is -0.344 e. The molecule has 4 rings (SSSR count). The summed E-state index contributed by atoms with van der Waals surface area (Å²) < 4.78 is 3.83. The zero-order valence-electron chi connectivity index (χ0n) is 15.4. The van der Waals surface area contributed by atoms with Gasteiger partial charge in [-0.05, 0) is 48.8 Å². The van der Waals surface area contributed by atoms with Crippen molar-refractivity contribution in [1.82, 2.24) is 24.5 Å². The van der Waals surface area contributed by atoms with Gasteiger partial charge in [0.25, 0.3) is 0 Å². The highest BCUT2D eigenvalue weighted by Crippen LogP contribution is 2.24. The monoisotopic (exact) mass is 413 g/mol. The van der Waals surface area contributed by atoms with Gasteiger partial charge in [0.15, 0.2) is 11.5 Å². The first kappa shape index (κ1) is 18.8. The lowest BCUT2D eigenvalue weighted by atomic mass is 10.2. The van der Waals surface area contributed by atoms with Gasteiger partial charge in [0, 0.05) is 28.3 Å². The van der Waals surface area contributed by atoms with Crippen molar-refractivity contribution in [2.45, 2.75) is 19.0 Å². The van der Waals surface area contributed by atoms with Gasteiger partial charge in [0.2, 0.25) is 5.91 Å². The fourth-order valence-electron chi connectivity index (χ4n) is 3.32. The second kappa shape index (κ2) is 8.24. The maximum atomic E-state index is 12.8. The summed E-state index contributed by atoms with van der Waals surface area (Å²) >= 11 is 7.98. The van der Waals surface area contributed by atoms with Crippen LogP contribution in [0.15, 0.2) is 54.9 Å². The van der Waals surface area contributed by atoms with Crippen LogP contribution in [-0.4, -0.2) is 37.1 Å². The third-order valence-electron chi connectivity index (χ3n) is 4.67. The minimum absolute atomic E-state index is 0.0729. The number of aromatic nitrogens is 4. The Morgan fingerprint density at radius 1 is 1.18 bits per heavy atom. The SMILES string of the molecule is CSCC[C@@H](NC(=O)Cn1ccc2c(Cl)cccc21)c1nnc2ccccn12. The molecule has 1 aromatic carbocycles. The summed E-state index contributed by atoms with van der Waals surface area (Å²) in [4.78, 5) is 12.8. The average Bonchev–Trinajstić information content (AvgIpc) is 3.30. The zero-order valence-corrected chi connectivity index (χ0v) is 17.0. The van der Waals surface area contributed by atoms with Crippen LogP contribution in [0.2, 0.25) is 5.02 Å². The molecule has 3 heterocycles. The predicted octanol–water partition coefficient (Wildman–Crippen LogP) is 3.95. The van der Waals surface area contributed by atoms with E-state index in [1.165, 1.54) is 0 Å². The Kier molecular flexibility index (Phi) is 5.54. The maximum absolute atomic E-state index is 12.8. The number of rotatable bonds is 7. The van der Waals surface area contributed by atoms with Gasteiger partial charge in [0.05, 0.1) is 6.04 Å². The molecule has 6 nitrogen and oxygen atoms in total. The van der Waals surface area contributed by atoms with Gasteiger partial charge in [-0.3, -0.25) is 9.20 Å². The average molecular weight is 414 g/mol. The Balaban J connectivity index is 1.56. The Bertz CT molecular complexity index is 1120. The minimum atomic E-state index is -0.206. The fourth-order valence-corrected chi connectivity index (χ4v) is 4.02. The molecule has 0 aliphatic rings. The first-order chi connectivity index (χ1) is 13.7. The van der Waals surface area contributed by atoms with Crippen LogP contribution in [0.1, 0.15) is 18.3 Å². The number of benzene rings is 1. The van der Waals surface area contributed by atoms with Crippen LogP contribution in [0.25, 0.3) is 16.6 Å². The number of nitrogens with one attached hydrogen (secondary N) is 1. The van der Waals surface area contributed by atoms with E-state index in [-0.39, 0.29) is 18.5 Å². The summed E-state index contributed by atoms with van der Waals surface area (Å²) in [6.45, 7) is 0.219. The van der Waals surface area contributed by atoms with E-state index < -0.39 is 0 Å². The van der Waals surface area contributed by atoms with Crippen LogP contribution in [0.3, 0.4) is 0 Å². The van der Waals surface area contributed by atoms with Gasteiger partial charge in [-0.2, -0.15) is 11.8 Å². The third-order valence-corrected chi connectivity index (χ3v) is 5.65. The highest BCUT2D eigenvalue weighted by molar-refractivity contribution is 7.98. The molecule has 0 bridgehead atoms. The number of amides is 1. The summed E-state index contributed by atoms with van der Waals surface area (Å²) in [7, 11) is 0. The molecule has 1 amide bonds. The number of nitrogens with zero attached hydrogens (tertiary/aromatic N) is 4. The lowest BCUT2D eigenvalue weighted by Gasteiger charge is -2.17. The quantitative estimate of drug-likeness (QED) is 0.498. The molecule has 1 atom stereocenters. The molecular formula is C20H20ClN5OS. The molecule has 1 N–H and O–H groups in total. The highest BCUT2D eigenvalue weighted by atomic mass is 35.5. The molecule has 0 radical (unpaired) electrons. The summed E-state index contributed by atoms with van der Waals surface area (Å²) in [6, 6.07) is 13.2. The van der Waals surface area contributed by atoms with Crippen molar-refractivity contribution < 1.29 is 4.79 Å². The number of hydrogen-bond acceptors (Lipinski definition) is 4. The van der Waals surface area contributed by atoms with Gasteiger partial charge in [0.1, 0.15) is 6.54 Å². The predicted molar refractivity (Wildman–Crippen MR) is 114 cm³/mol. The molecule has 144 valence electrons. The molecule has 4 aromatic rings. The number of halogens is 1. The number of carbonyl (C=O) groups is 1. The van der Waals surface area contributed by atoms with E-state index in [1.54, 1.807) is 11.8 Å². The normalized spacial score (nSPS) is 12.5. The van der Waals surface area contributed by atoms with Gasteiger partial charge >= 0.3 is 0 Å². The standard InChI is InChI=1S/C20H20ClN5OS/c1-28-12-9-16(20-24-23-18-7-2-3-10-26(18)20)22-19(27)13-25-11-8-14-15(21)5-4-6-17(14)25/h2-8,10-11,16H,9,12-13H2,1H3,(H,22,27)/t16-/m1/s1. The molecule has 8 heteroatoms. The van der Waals surface area contributed by atoms with Crippen LogP contribution in [0.5, 0.6) is 0 Å². The number of carbonyl (C=O) groups excluding carboxylic acids is 1.